The highest BCUT2D eigenvalue weighted by molar-refractivity contribution is 7.89. The van der Waals surface area contributed by atoms with Crippen LogP contribution in [0.3, 0.4) is 0 Å². The van der Waals surface area contributed by atoms with Crippen LogP contribution in [0.5, 0.6) is 0 Å². The maximum atomic E-state index is 12.5. The van der Waals surface area contributed by atoms with Gasteiger partial charge in [0.1, 0.15) is 5.76 Å². The fourth-order valence-electron chi connectivity index (χ4n) is 2.31. The normalized spacial score (nSPS) is 13.5. The first-order chi connectivity index (χ1) is 9.86. The summed E-state index contributed by atoms with van der Waals surface area (Å²) >= 11 is 0. The van der Waals surface area contributed by atoms with Crippen molar-refractivity contribution in [3.8, 4) is 0 Å². The van der Waals surface area contributed by atoms with E-state index in [2.05, 4.69) is 25.4 Å². The van der Waals surface area contributed by atoms with Gasteiger partial charge in [-0.25, -0.2) is 13.1 Å². The van der Waals surface area contributed by atoms with Crippen LogP contribution in [-0.4, -0.2) is 30.8 Å². The van der Waals surface area contributed by atoms with Gasteiger partial charge < -0.3 is 9.84 Å². The van der Waals surface area contributed by atoms with Crippen molar-refractivity contribution in [1.82, 2.24) is 25.4 Å². The van der Waals surface area contributed by atoms with Gasteiger partial charge in [0.05, 0.1) is 11.9 Å². The number of H-pyrrole nitrogens is 1. The molecule has 0 bridgehead atoms. The van der Waals surface area contributed by atoms with Gasteiger partial charge in [-0.2, -0.15) is 5.10 Å². The first-order valence-corrected chi connectivity index (χ1v) is 7.97. The summed E-state index contributed by atoms with van der Waals surface area (Å²) in [7, 11) is -1.97. The fraction of sp³-hybridized carbons (Fsp3) is 0.500. The quantitative estimate of drug-likeness (QED) is 0.726. The number of rotatable bonds is 6. The second-order valence-corrected chi connectivity index (χ2v) is 6.49. The van der Waals surface area contributed by atoms with E-state index in [1.165, 1.54) is 6.20 Å². The Hall–Kier alpha value is -1.71. The lowest BCUT2D eigenvalue weighted by Gasteiger charge is -2.14. The summed E-state index contributed by atoms with van der Waals surface area (Å²) in [5.41, 5.74) is 1.99. The molecule has 3 N–H and O–H groups in total. The maximum absolute atomic E-state index is 12.5. The SMILES string of the molecule is CNCc1cn[nH]c1S(=O)(=O)NC(C)c1c(C)noc1C. The van der Waals surface area contributed by atoms with Crippen LogP contribution in [-0.2, 0) is 16.6 Å². The second-order valence-electron chi connectivity index (χ2n) is 4.84. The minimum absolute atomic E-state index is 0.0652. The smallest absolute Gasteiger partial charge is 0.258 e. The van der Waals surface area contributed by atoms with Gasteiger partial charge in [0.15, 0.2) is 5.03 Å². The molecule has 0 radical (unpaired) electrons. The molecule has 2 aromatic heterocycles. The minimum Gasteiger partial charge on any atom is -0.361 e. The first kappa shape index (κ1) is 15.7. The Morgan fingerprint density at radius 2 is 2.14 bits per heavy atom. The van der Waals surface area contributed by atoms with Crippen molar-refractivity contribution in [2.75, 3.05) is 7.05 Å². The van der Waals surface area contributed by atoms with E-state index in [4.69, 9.17) is 4.52 Å². The molecule has 0 aliphatic carbocycles. The van der Waals surface area contributed by atoms with Gasteiger partial charge in [-0.3, -0.25) is 5.10 Å². The standard InChI is InChI=1S/C12H19N5O3S/c1-7-11(9(3)20-16-7)8(2)17-21(18,19)12-10(5-13-4)6-14-15-12/h6,8,13,17H,5H2,1-4H3,(H,14,15). The third-order valence-electron chi connectivity index (χ3n) is 3.17. The molecule has 9 heteroatoms. The number of hydrogen-bond donors (Lipinski definition) is 3. The van der Waals surface area contributed by atoms with Crippen LogP contribution in [0.2, 0.25) is 0 Å². The van der Waals surface area contributed by atoms with E-state index < -0.39 is 16.1 Å². The summed E-state index contributed by atoms with van der Waals surface area (Å²) in [4.78, 5) is 0. The van der Waals surface area contributed by atoms with Gasteiger partial charge in [-0.15, -0.1) is 0 Å². The largest absolute Gasteiger partial charge is 0.361 e. The number of nitrogens with one attached hydrogen (secondary N) is 3. The number of aromatic nitrogens is 3. The molecule has 0 aliphatic rings. The van der Waals surface area contributed by atoms with E-state index in [0.717, 1.165) is 5.56 Å². The van der Waals surface area contributed by atoms with Crippen LogP contribution in [0.1, 0.15) is 35.5 Å². The Balaban J connectivity index is 2.27. The first-order valence-electron chi connectivity index (χ1n) is 6.48. The van der Waals surface area contributed by atoms with Crippen LogP contribution in [0.25, 0.3) is 0 Å². The van der Waals surface area contributed by atoms with Crippen molar-refractivity contribution in [1.29, 1.82) is 0 Å². The van der Waals surface area contributed by atoms with E-state index in [0.29, 0.717) is 23.6 Å². The van der Waals surface area contributed by atoms with Gasteiger partial charge >= 0.3 is 0 Å². The van der Waals surface area contributed by atoms with E-state index in [1.807, 2.05) is 0 Å². The topological polar surface area (TPSA) is 113 Å². The van der Waals surface area contributed by atoms with Crippen molar-refractivity contribution < 1.29 is 12.9 Å². The van der Waals surface area contributed by atoms with Gasteiger partial charge in [0.2, 0.25) is 0 Å². The van der Waals surface area contributed by atoms with E-state index in [9.17, 15) is 8.42 Å². The summed E-state index contributed by atoms with van der Waals surface area (Å²) < 4.78 is 32.6. The fourth-order valence-corrected chi connectivity index (χ4v) is 3.65. The number of hydrogen-bond acceptors (Lipinski definition) is 6. The van der Waals surface area contributed by atoms with Crippen LogP contribution < -0.4 is 10.0 Å². The number of sulfonamides is 1. The zero-order valence-electron chi connectivity index (χ0n) is 12.4. The van der Waals surface area contributed by atoms with Crippen molar-refractivity contribution in [3.05, 3.63) is 28.8 Å². The third-order valence-corrected chi connectivity index (χ3v) is 4.72. The van der Waals surface area contributed by atoms with Gasteiger partial charge in [0, 0.05) is 23.7 Å². The molecule has 21 heavy (non-hydrogen) atoms. The number of nitrogens with zero attached hydrogens (tertiary/aromatic N) is 2. The van der Waals surface area contributed by atoms with E-state index >= 15 is 0 Å². The molecule has 0 aromatic carbocycles. The molecule has 0 saturated carbocycles. The zero-order chi connectivity index (χ0) is 15.6. The molecule has 0 saturated heterocycles. The summed E-state index contributed by atoms with van der Waals surface area (Å²) in [6, 6.07) is -0.452. The molecule has 116 valence electrons. The third kappa shape index (κ3) is 3.14. The molecular formula is C12H19N5O3S. The lowest BCUT2D eigenvalue weighted by molar-refractivity contribution is 0.391. The second kappa shape index (κ2) is 5.96. The van der Waals surface area contributed by atoms with Crippen LogP contribution in [0.4, 0.5) is 0 Å². The minimum atomic E-state index is -3.71. The molecule has 0 amide bonds. The van der Waals surface area contributed by atoms with E-state index in [-0.39, 0.29) is 5.03 Å². The maximum Gasteiger partial charge on any atom is 0.258 e. The molecule has 2 heterocycles. The number of aryl methyl sites for hydroxylation is 2. The Morgan fingerprint density at radius 1 is 1.43 bits per heavy atom. The van der Waals surface area contributed by atoms with Crippen molar-refractivity contribution in [2.24, 2.45) is 0 Å². The van der Waals surface area contributed by atoms with Gasteiger partial charge in [-0.1, -0.05) is 5.16 Å². The van der Waals surface area contributed by atoms with Crippen molar-refractivity contribution in [3.63, 3.8) is 0 Å². The lowest BCUT2D eigenvalue weighted by atomic mass is 10.1. The highest BCUT2D eigenvalue weighted by Gasteiger charge is 2.26. The Morgan fingerprint density at radius 3 is 2.71 bits per heavy atom. The number of aromatic amines is 1. The van der Waals surface area contributed by atoms with Crippen molar-refractivity contribution in [2.45, 2.75) is 38.4 Å². The summed E-state index contributed by atoms with van der Waals surface area (Å²) in [6.45, 7) is 5.69. The Bertz CT molecular complexity index is 700. The average molecular weight is 313 g/mol. The van der Waals surface area contributed by atoms with Crippen LogP contribution >= 0.6 is 0 Å². The average Bonchev–Trinajstić information content (AvgIpc) is 2.97. The highest BCUT2D eigenvalue weighted by Crippen LogP contribution is 2.23. The molecule has 2 rings (SSSR count). The molecule has 0 aliphatic heterocycles. The van der Waals surface area contributed by atoms with Crippen LogP contribution in [0, 0.1) is 13.8 Å². The van der Waals surface area contributed by atoms with Crippen molar-refractivity contribution >= 4 is 10.0 Å². The zero-order valence-corrected chi connectivity index (χ0v) is 13.2. The molecule has 8 nitrogen and oxygen atoms in total. The van der Waals surface area contributed by atoms with Gasteiger partial charge in [0.25, 0.3) is 10.0 Å². The Kier molecular flexibility index (Phi) is 4.45. The summed E-state index contributed by atoms with van der Waals surface area (Å²) in [5, 5.41) is 13.1. The summed E-state index contributed by atoms with van der Waals surface area (Å²) in [6.07, 6.45) is 1.49. The van der Waals surface area contributed by atoms with E-state index in [1.54, 1.807) is 27.8 Å². The van der Waals surface area contributed by atoms with Crippen LogP contribution in [0.15, 0.2) is 15.7 Å². The van der Waals surface area contributed by atoms with Gasteiger partial charge in [-0.05, 0) is 27.8 Å². The predicted molar refractivity (Wildman–Crippen MR) is 76.1 cm³/mol. The molecule has 2 aromatic rings. The lowest BCUT2D eigenvalue weighted by Crippen LogP contribution is -2.29. The molecule has 0 spiro atoms. The highest BCUT2D eigenvalue weighted by atomic mass is 32.2. The molecule has 0 fully saturated rings. The Labute approximate surface area is 123 Å². The molecule has 1 unspecified atom stereocenters. The predicted octanol–water partition coefficient (Wildman–Crippen LogP) is 0.773. The monoisotopic (exact) mass is 313 g/mol. The molecule has 1 atom stereocenters. The summed E-state index contributed by atoms with van der Waals surface area (Å²) in [5.74, 6) is 0.600. The molecular weight excluding hydrogens is 294 g/mol.